The number of rotatable bonds is 3. The van der Waals surface area contributed by atoms with Crippen molar-refractivity contribution >= 4 is 0 Å². The lowest BCUT2D eigenvalue weighted by molar-refractivity contribution is -0.827. The summed E-state index contributed by atoms with van der Waals surface area (Å²) in [6, 6.07) is 0. The molecule has 1 unspecified atom stereocenters. The fourth-order valence-electron chi connectivity index (χ4n) is 1.32. The van der Waals surface area contributed by atoms with Crippen LogP contribution < -0.4 is 0 Å². The van der Waals surface area contributed by atoms with Crippen LogP contribution in [0.2, 0.25) is 0 Å². The molecule has 0 spiro atoms. The first-order valence-electron chi connectivity index (χ1n) is 4.20. The summed E-state index contributed by atoms with van der Waals surface area (Å²) >= 11 is 0. The lowest BCUT2D eigenvalue weighted by atomic mass is 10.5. The molecule has 0 saturated carbocycles. The minimum Gasteiger partial charge on any atom is -0.326 e. The van der Waals surface area contributed by atoms with Gasteiger partial charge in [-0.1, -0.05) is 0 Å². The maximum absolute atomic E-state index is 3.85. The topological polar surface area (TPSA) is 3.24 Å². The predicted molar refractivity (Wildman–Crippen MR) is 47.4 cm³/mol. The van der Waals surface area contributed by atoms with Gasteiger partial charge in [0.25, 0.3) is 0 Å². The van der Waals surface area contributed by atoms with E-state index in [1.54, 1.807) is 0 Å². The van der Waals surface area contributed by atoms with E-state index in [4.69, 9.17) is 0 Å². The van der Waals surface area contributed by atoms with E-state index in [-0.39, 0.29) is 0 Å². The van der Waals surface area contributed by atoms with Gasteiger partial charge in [-0.05, 0) is 20.4 Å². The van der Waals surface area contributed by atoms with Gasteiger partial charge < -0.3 is 4.90 Å². The van der Waals surface area contributed by atoms with E-state index < -0.39 is 0 Å². The second-order valence-corrected chi connectivity index (χ2v) is 2.95. The summed E-state index contributed by atoms with van der Waals surface area (Å²) in [6.45, 7) is 11.4. The van der Waals surface area contributed by atoms with Gasteiger partial charge in [0.05, 0.1) is 18.9 Å². The van der Waals surface area contributed by atoms with E-state index in [0.717, 1.165) is 24.2 Å². The summed E-state index contributed by atoms with van der Waals surface area (Å²) in [4.78, 5) is 2.30. The zero-order valence-corrected chi connectivity index (χ0v) is 7.45. The standard InChI is InChI=1S/C9H17N2/c1-4-10-7-8-11(5-2,6-3)9-10/h5,7-8H,2,4,6,9H2,1,3H3/q+1. The average Bonchev–Trinajstić information content (AvgIpc) is 2.49. The van der Waals surface area contributed by atoms with Crippen LogP contribution in [-0.2, 0) is 0 Å². The Morgan fingerprint density at radius 2 is 2.36 bits per heavy atom. The molecular formula is C9H17N2+. The van der Waals surface area contributed by atoms with Gasteiger partial charge in [0.15, 0.2) is 6.67 Å². The average molecular weight is 153 g/mol. The second kappa shape index (κ2) is 3.09. The van der Waals surface area contributed by atoms with Gasteiger partial charge in [0.2, 0.25) is 0 Å². The minimum atomic E-state index is 0.897. The Morgan fingerprint density at radius 1 is 1.64 bits per heavy atom. The molecule has 0 N–H and O–H groups in total. The third kappa shape index (κ3) is 1.46. The zero-order chi connectivity index (χ0) is 8.32. The Labute approximate surface area is 69.0 Å². The van der Waals surface area contributed by atoms with E-state index >= 15 is 0 Å². The summed E-state index contributed by atoms with van der Waals surface area (Å²) < 4.78 is 0.897. The molecule has 0 fully saturated rings. The molecule has 1 aliphatic heterocycles. The van der Waals surface area contributed by atoms with Crippen LogP contribution in [0.5, 0.6) is 0 Å². The fraction of sp³-hybridized carbons (Fsp3) is 0.556. The van der Waals surface area contributed by atoms with Crippen LogP contribution in [0, 0.1) is 0 Å². The Kier molecular flexibility index (Phi) is 2.35. The molecule has 11 heavy (non-hydrogen) atoms. The Balaban J connectivity index is 2.64. The summed E-state index contributed by atoms with van der Waals surface area (Å²) in [5.41, 5.74) is 0. The molecule has 0 radical (unpaired) electrons. The maximum Gasteiger partial charge on any atom is 0.162 e. The highest BCUT2D eigenvalue weighted by Crippen LogP contribution is 2.17. The normalized spacial score (nSPS) is 29.5. The van der Waals surface area contributed by atoms with Crippen molar-refractivity contribution in [2.24, 2.45) is 0 Å². The molecule has 1 rings (SSSR count). The monoisotopic (exact) mass is 153 g/mol. The van der Waals surface area contributed by atoms with Crippen molar-refractivity contribution in [1.82, 2.24) is 4.90 Å². The van der Waals surface area contributed by atoms with Crippen LogP contribution >= 0.6 is 0 Å². The highest BCUT2D eigenvalue weighted by molar-refractivity contribution is 4.83. The number of quaternary nitrogens is 1. The van der Waals surface area contributed by atoms with Crippen molar-refractivity contribution in [2.45, 2.75) is 13.8 Å². The van der Waals surface area contributed by atoms with Crippen LogP contribution in [0.1, 0.15) is 13.8 Å². The molecule has 0 bridgehead atoms. The van der Waals surface area contributed by atoms with Crippen molar-refractivity contribution in [2.75, 3.05) is 19.8 Å². The number of hydrogen-bond donors (Lipinski definition) is 0. The van der Waals surface area contributed by atoms with Gasteiger partial charge in [-0.15, -0.1) is 0 Å². The van der Waals surface area contributed by atoms with E-state index in [1.807, 2.05) is 6.20 Å². The van der Waals surface area contributed by atoms with E-state index in [0.29, 0.717) is 0 Å². The van der Waals surface area contributed by atoms with Crippen LogP contribution in [0.4, 0.5) is 0 Å². The molecule has 0 saturated heterocycles. The van der Waals surface area contributed by atoms with E-state index in [1.165, 1.54) is 0 Å². The second-order valence-electron chi connectivity index (χ2n) is 2.95. The molecular weight excluding hydrogens is 136 g/mol. The van der Waals surface area contributed by atoms with Crippen molar-refractivity contribution in [3.8, 4) is 0 Å². The molecule has 0 amide bonds. The van der Waals surface area contributed by atoms with Gasteiger partial charge in [0, 0.05) is 6.54 Å². The first kappa shape index (κ1) is 8.34. The van der Waals surface area contributed by atoms with Crippen molar-refractivity contribution in [3.05, 3.63) is 25.2 Å². The summed E-state index contributed by atoms with van der Waals surface area (Å²) in [7, 11) is 0. The van der Waals surface area contributed by atoms with Crippen LogP contribution in [0.15, 0.2) is 25.2 Å². The first-order chi connectivity index (χ1) is 5.26. The predicted octanol–water partition coefficient (Wildman–Crippen LogP) is 1.73. The summed E-state index contributed by atoms with van der Waals surface area (Å²) in [5, 5.41) is 0. The molecule has 0 aromatic carbocycles. The van der Waals surface area contributed by atoms with E-state index in [9.17, 15) is 0 Å². The van der Waals surface area contributed by atoms with Gasteiger partial charge in [-0.2, -0.15) is 0 Å². The molecule has 2 heteroatoms. The lowest BCUT2D eigenvalue weighted by Crippen LogP contribution is -2.39. The summed E-state index contributed by atoms with van der Waals surface area (Å²) in [5.74, 6) is 0. The smallest absolute Gasteiger partial charge is 0.162 e. The van der Waals surface area contributed by atoms with Crippen molar-refractivity contribution in [1.29, 1.82) is 0 Å². The highest BCUT2D eigenvalue weighted by atomic mass is 15.5. The van der Waals surface area contributed by atoms with Crippen molar-refractivity contribution in [3.63, 3.8) is 0 Å². The molecule has 62 valence electrons. The van der Waals surface area contributed by atoms with E-state index in [2.05, 4.69) is 37.7 Å². The van der Waals surface area contributed by atoms with Gasteiger partial charge in [-0.25, -0.2) is 0 Å². The molecule has 1 atom stereocenters. The third-order valence-corrected chi connectivity index (χ3v) is 2.38. The largest absolute Gasteiger partial charge is 0.326 e. The minimum absolute atomic E-state index is 0.897. The van der Waals surface area contributed by atoms with Gasteiger partial charge >= 0.3 is 0 Å². The van der Waals surface area contributed by atoms with Crippen LogP contribution in [0.25, 0.3) is 0 Å². The highest BCUT2D eigenvalue weighted by Gasteiger charge is 2.26. The third-order valence-electron chi connectivity index (χ3n) is 2.38. The Morgan fingerprint density at radius 3 is 2.64 bits per heavy atom. The summed E-state index contributed by atoms with van der Waals surface area (Å²) in [6.07, 6.45) is 6.37. The molecule has 1 heterocycles. The molecule has 0 aromatic heterocycles. The fourth-order valence-corrected chi connectivity index (χ4v) is 1.32. The van der Waals surface area contributed by atoms with Crippen LogP contribution in [0.3, 0.4) is 0 Å². The molecule has 0 aliphatic carbocycles. The first-order valence-corrected chi connectivity index (χ1v) is 4.20. The Hall–Kier alpha value is -0.760. The molecule has 1 aliphatic rings. The quantitative estimate of drug-likeness (QED) is 0.558. The lowest BCUT2D eigenvalue weighted by Gasteiger charge is -2.26. The number of nitrogens with zero attached hydrogens (tertiary/aromatic N) is 2. The SMILES string of the molecule is C=C[N+]1(CC)C=CN(CC)C1. The van der Waals surface area contributed by atoms with Crippen LogP contribution in [-0.4, -0.2) is 29.1 Å². The number of hydrogen-bond acceptors (Lipinski definition) is 1. The molecule has 0 aromatic rings. The maximum atomic E-state index is 3.85. The zero-order valence-electron chi connectivity index (χ0n) is 7.45. The van der Waals surface area contributed by atoms with Gasteiger partial charge in [0.1, 0.15) is 6.20 Å². The Bertz CT molecular complexity index is 174. The van der Waals surface area contributed by atoms with Crippen molar-refractivity contribution < 1.29 is 4.48 Å². The molecule has 2 nitrogen and oxygen atoms in total. The van der Waals surface area contributed by atoms with Gasteiger partial charge in [-0.3, -0.25) is 4.48 Å².